The lowest BCUT2D eigenvalue weighted by atomic mass is 10.0. The van der Waals surface area contributed by atoms with E-state index in [1.54, 1.807) is 31.2 Å². The van der Waals surface area contributed by atoms with Crippen LogP contribution in [0.1, 0.15) is 32.1 Å². The zero-order chi connectivity index (χ0) is 18.8. The fraction of sp³-hybridized carbons (Fsp3) is 0.471. The maximum atomic E-state index is 12.1. The first-order chi connectivity index (χ1) is 12.2. The summed E-state index contributed by atoms with van der Waals surface area (Å²) >= 11 is 5.85. The van der Waals surface area contributed by atoms with Crippen LogP contribution in [0.4, 0.5) is 0 Å². The van der Waals surface area contributed by atoms with Crippen molar-refractivity contribution in [3.8, 4) is 11.4 Å². The number of amides is 1. The van der Waals surface area contributed by atoms with Gasteiger partial charge in [0.1, 0.15) is 0 Å². The van der Waals surface area contributed by atoms with E-state index >= 15 is 0 Å². The van der Waals surface area contributed by atoms with Gasteiger partial charge in [-0.15, -0.1) is 0 Å². The maximum Gasteiger partial charge on any atom is 0.226 e. The van der Waals surface area contributed by atoms with Crippen LogP contribution in [-0.4, -0.2) is 41.5 Å². The molecule has 140 valence electrons. The quantitative estimate of drug-likeness (QED) is 0.802. The van der Waals surface area contributed by atoms with Gasteiger partial charge < -0.3 is 9.84 Å². The highest BCUT2D eigenvalue weighted by molar-refractivity contribution is 7.91. The summed E-state index contributed by atoms with van der Waals surface area (Å²) in [6.45, 7) is 1.77. The summed E-state index contributed by atoms with van der Waals surface area (Å²) in [6.07, 6.45) is 1.74. The van der Waals surface area contributed by atoms with Crippen LogP contribution in [0.15, 0.2) is 28.8 Å². The molecule has 1 aliphatic heterocycles. The Labute approximate surface area is 157 Å². The van der Waals surface area contributed by atoms with E-state index in [2.05, 4.69) is 15.5 Å². The predicted octanol–water partition coefficient (Wildman–Crippen LogP) is 2.41. The molecule has 2 aromatic rings. The van der Waals surface area contributed by atoms with Crippen molar-refractivity contribution >= 4 is 27.3 Å². The molecule has 0 spiro atoms. The molecule has 1 amide bonds. The second-order valence-corrected chi connectivity index (χ2v) is 9.44. The zero-order valence-electron chi connectivity index (χ0n) is 14.4. The van der Waals surface area contributed by atoms with Gasteiger partial charge in [0.25, 0.3) is 0 Å². The van der Waals surface area contributed by atoms with Gasteiger partial charge in [0, 0.05) is 23.4 Å². The van der Waals surface area contributed by atoms with E-state index in [1.165, 1.54) is 0 Å². The highest BCUT2D eigenvalue weighted by atomic mass is 35.5. The van der Waals surface area contributed by atoms with Crippen molar-refractivity contribution in [2.75, 3.05) is 11.5 Å². The second-order valence-electron chi connectivity index (χ2n) is 6.82. The number of halogens is 1. The predicted molar refractivity (Wildman–Crippen MR) is 97.5 cm³/mol. The minimum Gasteiger partial charge on any atom is -0.350 e. The lowest BCUT2D eigenvalue weighted by Gasteiger charge is -2.23. The van der Waals surface area contributed by atoms with E-state index in [-0.39, 0.29) is 23.8 Å². The van der Waals surface area contributed by atoms with Gasteiger partial charge in [0.05, 0.1) is 17.0 Å². The third-order valence-electron chi connectivity index (χ3n) is 4.31. The molecule has 0 saturated carbocycles. The van der Waals surface area contributed by atoms with Crippen LogP contribution in [0.25, 0.3) is 11.4 Å². The number of aryl methyl sites for hydroxylation is 1. The molecular weight excluding hydrogens is 378 g/mol. The number of hydrogen-bond acceptors (Lipinski definition) is 6. The molecule has 1 fully saturated rings. The molecule has 1 unspecified atom stereocenters. The van der Waals surface area contributed by atoms with E-state index in [0.717, 1.165) is 5.56 Å². The number of rotatable bonds is 6. The van der Waals surface area contributed by atoms with Gasteiger partial charge in [-0.2, -0.15) is 4.98 Å². The summed E-state index contributed by atoms with van der Waals surface area (Å²) in [4.78, 5) is 16.4. The van der Waals surface area contributed by atoms with Crippen LogP contribution in [0.3, 0.4) is 0 Å². The average Bonchev–Trinajstić information content (AvgIpc) is 3.12. The number of nitrogens with zero attached hydrogens (tertiary/aromatic N) is 2. The number of benzene rings is 1. The molecule has 1 atom stereocenters. The van der Waals surface area contributed by atoms with Crippen molar-refractivity contribution in [3.05, 3.63) is 35.2 Å². The molecule has 3 rings (SSSR count). The first kappa shape index (κ1) is 18.8. The van der Waals surface area contributed by atoms with E-state index < -0.39 is 15.4 Å². The fourth-order valence-corrected chi connectivity index (χ4v) is 5.20. The monoisotopic (exact) mass is 397 g/mol. The largest absolute Gasteiger partial charge is 0.350 e. The number of nitrogens with one attached hydrogen (secondary N) is 1. The molecule has 7 nitrogen and oxygen atoms in total. The van der Waals surface area contributed by atoms with Crippen LogP contribution >= 0.6 is 11.6 Å². The SMILES string of the molecule is CC1(NC(=O)CCCc2nc(-c3ccc(Cl)cc3)no2)CCS(=O)(=O)C1. The number of sulfone groups is 1. The summed E-state index contributed by atoms with van der Waals surface area (Å²) in [5, 5.41) is 7.40. The van der Waals surface area contributed by atoms with Gasteiger partial charge in [-0.1, -0.05) is 16.8 Å². The number of carbonyl (C=O) groups is 1. The highest BCUT2D eigenvalue weighted by Crippen LogP contribution is 2.23. The van der Waals surface area contributed by atoms with Crippen LogP contribution in [0.5, 0.6) is 0 Å². The van der Waals surface area contributed by atoms with Gasteiger partial charge >= 0.3 is 0 Å². The number of carbonyl (C=O) groups excluding carboxylic acids is 1. The lowest BCUT2D eigenvalue weighted by molar-refractivity contribution is -0.122. The average molecular weight is 398 g/mol. The van der Waals surface area contributed by atoms with Crippen molar-refractivity contribution in [1.82, 2.24) is 15.5 Å². The molecule has 1 aromatic heterocycles. The van der Waals surface area contributed by atoms with Crippen LogP contribution in [0.2, 0.25) is 5.02 Å². The van der Waals surface area contributed by atoms with Crippen molar-refractivity contribution in [3.63, 3.8) is 0 Å². The van der Waals surface area contributed by atoms with Crippen molar-refractivity contribution in [2.24, 2.45) is 0 Å². The van der Waals surface area contributed by atoms with E-state index in [4.69, 9.17) is 16.1 Å². The van der Waals surface area contributed by atoms with Crippen molar-refractivity contribution in [2.45, 2.75) is 38.1 Å². The maximum absolute atomic E-state index is 12.1. The second kappa shape index (κ2) is 7.36. The number of hydrogen-bond donors (Lipinski definition) is 1. The van der Waals surface area contributed by atoms with Gasteiger partial charge in [-0.3, -0.25) is 4.79 Å². The third kappa shape index (κ3) is 4.82. The molecular formula is C17H20ClN3O4S. The first-order valence-corrected chi connectivity index (χ1v) is 10.5. The Balaban J connectivity index is 1.48. The van der Waals surface area contributed by atoms with Gasteiger partial charge in [0.15, 0.2) is 9.84 Å². The van der Waals surface area contributed by atoms with Gasteiger partial charge in [-0.05, 0) is 44.0 Å². The molecule has 0 bridgehead atoms. The molecule has 1 aliphatic rings. The molecule has 26 heavy (non-hydrogen) atoms. The molecule has 1 N–H and O–H groups in total. The first-order valence-electron chi connectivity index (χ1n) is 8.35. The Morgan fingerprint density at radius 1 is 1.35 bits per heavy atom. The van der Waals surface area contributed by atoms with E-state index in [0.29, 0.717) is 36.0 Å². The van der Waals surface area contributed by atoms with Crippen LogP contribution in [0, 0.1) is 0 Å². The Kier molecular flexibility index (Phi) is 5.34. The smallest absolute Gasteiger partial charge is 0.226 e. The Hall–Kier alpha value is -1.93. The molecule has 2 heterocycles. The van der Waals surface area contributed by atoms with E-state index in [1.807, 2.05) is 0 Å². The molecule has 1 aromatic carbocycles. The topological polar surface area (TPSA) is 102 Å². The van der Waals surface area contributed by atoms with Gasteiger partial charge in [-0.25, -0.2) is 8.42 Å². The molecule has 0 aliphatic carbocycles. The molecule has 0 radical (unpaired) electrons. The molecule has 1 saturated heterocycles. The standard InChI is InChI=1S/C17H20ClN3O4S/c1-17(9-10-26(23,24)11-17)20-14(22)3-2-4-15-19-16(21-25-15)12-5-7-13(18)8-6-12/h5-8H,2-4,9-11H2,1H3,(H,20,22). The summed E-state index contributed by atoms with van der Waals surface area (Å²) in [6, 6.07) is 7.11. The third-order valence-corrected chi connectivity index (χ3v) is 6.46. The molecule has 9 heteroatoms. The van der Waals surface area contributed by atoms with Crippen LogP contribution in [-0.2, 0) is 21.1 Å². The zero-order valence-corrected chi connectivity index (χ0v) is 15.9. The summed E-state index contributed by atoms with van der Waals surface area (Å²) in [5.41, 5.74) is 0.139. The summed E-state index contributed by atoms with van der Waals surface area (Å²) in [7, 11) is -3.05. The number of aromatic nitrogens is 2. The Morgan fingerprint density at radius 3 is 2.73 bits per heavy atom. The minimum atomic E-state index is -3.05. The van der Waals surface area contributed by atoms with Crippen LogP contribution < -0.4 is 5.32 Å². The fourth-order valence-electron chi connectivity index (χ4n) is 2.98. The Morgan fingerprint density at radius 2 is 2.08 bits per heavy atom. The normalized spacial score (nSPS) is 21.6. The lowest BCUT2D eigenvalue weighted by Crippen LogP contribution is -2.46. The van der Waals surface area contributed by atoms with Crippen molar-refractivity contribution in [1.29, 1.82) is 0 Å². The Bertz CT molecular complexity index is 895. The van der Waals surface area contributed by atoms with Crippen molar-refractivity contribution < 1.29 is 17.7 Å². The van der Waals surface area contributed by atoms with E-state index in [9.17, 15) is 13.2 Å². The summed E-state index contributed by atoms with van der Waals surface area (Å²) in [5.74, 6) is 0.892. The van der Waals surface area contributed by atoms with Gasteiger partial charge in [0.2, 0.25) is 17.6 Å². The summed E-state index contributed by atoms with van der Waals surface area (Å²) < 4.78 is 28.4. The minimum absolute atomic E-state index is 0.000147. The highest BCUT2D eigenvalue weighted by Gasteiger charge is 2.39.